The third-order valence-electron chi connectivity index (χ3n) is 10.9. The third kappa shape index (κ3) is 6.15. The molecule has 19 heteroatoms. The van der Waals surface area contributed by atoms with Gasteiger partial charge in [0.1, 0.15) is 17.1 Å². The first-order valence-corrected chi connectivity index (χ1v) is 17.8. The number of nitrogens with zero attached hydrogens (tertiary/aromatic N) is 6. The van der Waals surface area contributed by atoms with E-state index in [2.05, 4.69) is 16.5 Å². The summed E-state index contributed by atoms with van der Waals surface area (Å²) in [6.45, 7) is 3.72. The molecule has 1 aromatic carbocycles. The van der Waals surface area contributed by atoms with Gasteiger partial charge >= 0.3 is 12.4 Å². The van der Waals surface area contributed by atoms with Crippen LogP contribution in [0.5, 0.6) is 5.75 Å². The van der Waals surface area contributed by atoms with Crippen molar-refractivity contribution in [3.05, 3.63) is 99.3 Å². The molecule has 3 aromatic rings. The number of fused-ring (bicyclic) bond motifs is 4. The summed E-state index contributed by atoms with van der Waals surface area (Å²) in [7, 11) is 2.32. The van der Waals surface area contributed by atoms with Gasteiger partial charge in [-0.05, 0) is 55.0 Å². The summed E-state index contributed by atoms with van der Waals surface area (Å²) < 4.78 is 81.8. The fraction of sp³-hybridized carbons (Fsp3) is 0.351. The number of anilines is 2. The minimum Gasteiger partial charge on any atom is -0.507 e. The number of phenols is 1. The Balaban J connectivity index is 1.31. The lowest BCUT2D eigenvalue weighted by Crippen LogP contribution is -2.46. The van der Waals surface area contributed by atoms with Gasteiger partial charge in [-0.3, -0.25) is 29.2 Å². The van der Waals surface area contributed by atoms with Crippen LogP contribution in [0.1, 0.15) is 41.3 Å². The van der Waals surface area contributed by atoms with Crippen LogP contribution in [0.25, 0.3) is 0 Å². The van der Waals surface area contributed by atoms with E-state index in [4.69, 9.17) is 23.2 Å². The van der Waals surface area contributed by atoms with Crippen molar-refractivity contribution >= 4 is 58.5 Å². The zero-order valence-corrected chi connectivity index (χ0v) is 30.8. The number of aromatic hydroxyl groups is 1. The molecule has 56 heavy (non-hydrogen) atoms. The highest BCUT2D eigenvalue weighted by molar-refractivity contribution is 6.33. The minimum atomic E-state index is -4.89. The number of carbonyl (C=O) groups is 4. The van der Waals surface area contributed by atoms with E-state index in [1.165, 1.54) is 7.05 Å². The fourth-order valence-electron chi connectivity index (χ4n) is 8.50. The van der Waals surface area contributed by atoms with Crippen LogP contribution in [0.2, 0.25) is 10.0 Å². The van der Waals surface area contributed by atoms with E-state index in [0.717, 1.165) is 29.2 Å². The zero-order valence-electron chi connectivity index (χ0n) is 29.3. The highest BCUT2D eigenvalue weighted by Gasteiger charge is 2.63. The summed E-state index contributed by atoms with van der Waals surface area (Å²) in [5.41, 5.74) is -1.53. The summed E-state index contributed by atoms with van der Waals surface area (Å²) in [6.07, 6.45) is -6.56. The van der Waals surface area contributed by atoms with Crippen LogP contribution >= 0.6 is 23.2 Å². The quantitative estimate of drug-likeness (QED) is 0.152. The van der Waals surface area contributed by atoms with Crippen LogP contribution in [0.3, 0.4) is 0 Å². The molecule has 2 aromatic heterocycles. The molecule has 7 rings (SSSR count). The Kier molecular flexibility index (Phi) is 9.63. The Labute approximate surface area is 324 Å². The number of para-hydroxylation sites is 1. The van der Waals surface area contributed by atoms with Gasteiger partial charge < -0.3 is 5.11 Å². The lowest BCUT2D eigenvalue weighted by Gasteiger charge is -2.44. The maximum atomic E-state index is 14.5. The molecule has 0 spiro atoms. The van der Waals surface area contributed by atoms with Crippen molar-refractivity contribution in [1.82, 2.24) is 20.0 Å². The maximum Gasteiger partial charge on any atom is 0.433 e. The van der Waals surface area contributed by atoms with Gasteiger partial charge in [-0.25, -0.2) is 9.97 Å². The van der Waals surface area contributed by atoms with E-state index in [9.17, 15) is 50.6 Å². The number of amides is 4. The molecule has 6 atom stereocenters. The topological polar surface area (TPSA) is 127 Å². The Morgan fingerprint density at radius 1 is 0.786 bits per heavy atom. The molecule has 4 aliphatic rings. The maximum absolute atomic E-state index is 14.5. The lowest BCUT2D eigenvalue weighted by molar-refractivity contribution is -0.143. The molecule has 4 heterocycles. The van der Waals surface area contributed by atoms with E-state index < -0.39 is 94.5 Å². The number of phenolic OH excluding ortho intramolecular Hbond substituents is 1. The molecular formula is C37H30Cl2F6N6O5. The van der Waals surface area contributed by atoms with Gasteiger partial charge in [0.2, 0.25) is 0 Å². The second-order valence-electron chi connectivity index (χ2n) is 13.9. The number of carbonyl (C=O) groups excluding carboxylic acids is 4. The van der Waals surface area contributed by atoms with Gasteiger partial charge in [0, 0.05) is 25.6 Å². The second kappa shape index (κ2) is 13.8. The molecule has 2 aliphatic carbocycles. The number of aromatic nitrogens is 2. The van der Waals surface area contributed by atoms with Crippen molar-refractivity contribution in [2.24, 2.45) is 29.6 Å². The van der Waals surface area contributed by atoms with Crippen molar-refractivity contribution in [2.45, 2.75) is 37.5 Å². The first kappa shape index (κ1) is 39.1. The number of hydrazine groups is 2. The molecule has 1 saturated carbocycles. The summed E-state index contributed by atoms with van der Waals surface area (Å²) in [6, 6.07) is 7.98. The van der Waals surface area contributed by atoms with Crippen LogP contribution in [-0.2, 0) is 38.0 Å². The number of alkyl halides is 6. The fourth-order valence-corrected chi connectivity index (χ4v) is 8.95. The van der Waals surface area contributed by atoms with Gasteiger partial charge in [-0.1, -0.05) is 59.1 Å². The number of rotatable bonds is 7. The molecule has 1 N–H and O–H groups in total. The molecular weight excluding hydrogens is 793 g/mol. The van der Waals surface area contributed by atoms with Crippen molar-refractivity contribution in [3.8, 4) is 5.75 Å². The molecule has 0 unspecified atom stereocenters. The number of benzene rings is 1. The van der Waals surface area contributed by atoms with E-state index in [-0.39, 0.29) is 40.6 Å². The Morgan fingerprint density at radius 2 is 1.30 bits per heavy atom. The van der Waals surface area contributed by atoms with Crippen molar-refractivity contribution < 1.29 is 50.6 Å². The number of allylic oxidation sites excluding steroid dienone is 3. The first-order chi connectivity index (χ1) is 26.3. The second-order valence-corrected chi connectivity index (χ2v) is 14.7. The van der Waals surface area contributed by atoms with Crippen molar-refractivity contribution in [3.63, 3.8) is 0 Å². The molecule has 0 radical (unpaired) electrons. The van der Waals surface area contributed by atoms with E-state index in [1.807, 2.05) is 0 Å². The highest BCUT2D eigenvalue weighted by Crippen LogP contribution is 2.59. The molecule has 11 nitrogen and oxygen atoms in total. The monoisotopic (exact) mass is 822 g/mol. The molecule has 294 valence electrons. The average Bonchev–Trinajstić information content (AvgIpc) is 3.54. The molecule has 2 saturated heterocycles. The highest BCUT2D eigenvalue weighted by atomic mass is 35.5. The Hall–Kier alpha value is -5.16. The van der Waals surface area contributed by atoms with Crippen molar-refractivity contribution in [2.75, 3.05) is 24.1 Å². The standard InChI is InChI=1S/C37H30Cl2F6N6O5/c1-4-6-16-7-5-8-18(29(16)52)26-17-9-10-19-27(34(55)50(32(19)53)48(2)30-22(38)11-13-24(46-30)36(40,41)42)20(17)15-21-28(26)35(56)51(33(21)54)49(3)31-23(39)12-14-25(47-31)37(43,44)45/h4-5,7-9,11-14,19-21,26-28,52H,1,6,10,15H2,2-3H3/t19-,20+,21+,26+,27-,28+/m0/s1. The van der Waals surface area contributed by atoms with E-state index in [1.54, 1.807) is 30.4 Å². The summed E-state index contributed by atoms with van der Waals surface area (Å²) >= 11 is 12.5. The van der Waals surface area contributed by atoms with Gasteiger partial charge in [0.25, 0.3) is 23.6 Å². The lowest BCUT2D eigenvalue weighted by atomic mass is 9.57. The third-order valence-corrected chi connectivity index (χ3v) is 11.5. The summed E-state index contributed by atoms with van der Waals surface area (Å²) in [5.74, 6) is -11.2. The smallest absolute Gasteiger partial charge is 0.433 e. The number of imide groups is 2. The van der Waals surface area contributed by atoms with Crippen LogP contribution in [0.15, 0.2) is 66.8 Å². The molecule has 4 amide bonds. The van der Waals surface area contributed by atoms with Crippen LogP contribution in [0, 0.1) is 29.6 Å². The number of halogens is 8. The summed E-state index contributed by atoms with van der Waals surface area (Å²) in [4.78, 5) is 64.5. The van der Waals surface area contributed by atoms with E-state index in [0.29, 0.717) is 33.3 Å². The zero-order chi connectivity index (χ0) is 40.8. The van der Waals surface area contributed by atoms with Crippen LogP contribution in [0.4, 0.5) is 38.0 Å². The molecule has 0 bridgehead atoms. The summed E-state index contributed by atoms with van der Waals surface area (Å²) in [5, 5.41) is 14.0. The predicted molar refractivity (Wildman–Crippen MR) is 189 cm³/mol. The van der Waals surface area contributed by atoms with Crippen LogP contribution < -0.4 is 10.0 Å². The van der Waals surface area contributed by atoms with Crippen molar-refractivity contribution in [1.29, 1.82) is 0 Å². The Morgan fingerprint density at radius 3 is 1.82 bits per heavy atom. The van der Waals surface area contributed by atoms with Gasteiger partial charge in [-0.2, -0.15) is 36.4 Å². The average molecular weight is 824 g/mol. The van der Waals surface area contributed by atoms with Gasteiger partial charge in [0.05, 0.1) is 33.7 Å². The van der Waals surface area contributed by atoms with E-state index >= 15 is 0 Å². The molecule has 2 aliphatic heterocycles. The minimum absolute atomic E-state index is 0.0499. The molecule has 3 fully saturated rings. The number of hydrogen-bond donors (Lipinski definition) is 1. The van der Waals surface area contributed by atoms with Gasteiger partial charge in [-0.15, -0.1) is 6.58 Å². The van der Waals surface area contributed by atoms with Crippen LogP contribution in [-0.4, -0.2) is 62.8 Å². The first-order valence-electron chi connectivity index (χ1n) is 17.1. The SMILES string of the molecule is C=CCc1cccc([C@H]2C3=CC[C@@H]4C(=O)N(N(C)c5nc(C(F)(F)F)ccc5Cl)C(=O)[C@@H]4[C@@H]3C[C@H]3C(=O)N(N(C)c4nc(C(F)(F)F)ccc4Cl)C(=O)[C@@H]23)c1O. The number of pyridine rings is 2. The largest absolute Gasteiger partial charge is 0.507 e. The number of hydrogen-bond acceptors (Lipinski definition) is 9. The Bertz CT molecular complexity index is 2230. The predicted octanol–water partition coefficient (Wildman–Crippen LogP) is 6.99. The normalized spacial score (nSPS) is 24.9. The van der Waals surface area contributed by atoms with Gasteiger partial charge in [0.15, 0.2) is 11.6 Å².